The second-order valence-corrected chi connectivity index (χ2v) is 8.53. The summed E-state index contributed by atoms with van der Waals surface area (Å²) in [6, 6.07) is 15.0. The molecule has 2 aromatic carbocycles. The van der Waals surface area contributed by atoms with Gasteiger partial charge in [0.2, 0.25) is 10.0 Å². The van der Waals surface area contributed by atoms with Crippen LogP contribution in [0.4, 0.5) is 0 Å². The lowest BCUT2D eigenvalue weighted by Crippen LogP contribution is -2.33. The number of nitrogens with one attached hydrogen (secondary N) is 1. The number of fused-ring (bicyclic) bond motifs is 1. The summed E-state index contributed by atoms with van der Waals surface area (Å²) in [7, 11) is -3.50. The van der Waals surface area contributed by atoms with Crippen LogP contribution < -0.4 is 9.46 Å². The molecule has 0 radical (unpaired) electrons. The monoisotopic (exact) mass is 345 g/mol. The third-order valence-electron chi connectivity index (χ3n) is 4.27. The van der Waals surface area contributed by atoms with Gasteiger partial charge in [-0.15, -0.1) is 0 Å². The third-order valence-corrected chi connectivity index (χ3v) is 5.73. The summed E-state index contributed by atoms with van der Waals surface area (Å²) in [6.07, 6.45) is 2.38. The molecule has 0 unspecified atom stereocenters. The number of rotatable bonds is 5. The van der Waals surface area contributed by atoms with Crippen molar-refractivity contribution in [3.05, 3.63) is 59.7 Å². The van der Waals surface area contributed by atoms with Gasteiger partial charge in [0, 0.05) is 6.54 Å². The van der Waals surface area contributed by atoms with Gasteiger partial charge in [-0.1, -0.05) is 30.3 Å². The molecule has 3 rings (SSSR count). The molecule has 2 aromatic rings. The SMILES string of the molecule is CC1(C)CCc2cc(S(=O)(=O)NCCc3ccccc3)ccc2O1. The van der Waals surface area contributed by atoms with Gasteiger partial charge in [0.15, 0.2) is 0 Å². The summed E-state index contributed by atoms with van der Waals surface area (Å²) in [5, 5.41) is 0. The van der Waals surface area contributed by atoms with Crippen LogP contribution in [0, 0.1) is 0 Å². The van der Waals surface area contributed by atoms with Gasteiger partial charge < -0.3 is 4.74 Å². The van der Waals surface area contributed by atoms with Crippen LogP contribution in [0.15, 0.2) is 53.4 Å². The van der Waals surface area contributed by atoms with E-state index >= 15 is 0 Å². The minimum Gasteiger partial charge on any atom is -0.488 e. The maximum Gasteiger partial charge on any atom is 0.240 e. The lowest BCUT2D eigenvalue weighted by molar-refractivity contribution is 0.0845. The zero-order valence-electron chi connectivity index (χ0n) is 14.1. The summed E-state index contributed by atoms with van der Waals surface area (Å²) in [5.41, 5.74) is 1.88. The Bertz CT molecular complexity index is 814. The van der Waals surface area contributed by atoms with Crippen molar-refractivity contribution in [2.75, 3.05) is 6.54 Å². The van der Waals surface area contributed by atoms with E-state index in [4.69, 9.17) is 4.74 Å². The Morgan fingerprint density at radius 3 is 2.62 bits per heavy atom. The highest BCUT2D eigenvalue weighted by molar-refractivity contribution is 7.89. The molecule has 128 valence electrons. The summed E-state index contributed by atoms with van der Waals surface area (Å²) >= 11 is 0. The Balaban J connectivity index is 1.69. The van der Waals surface area contributed by atoms with Crippen LogP contribution in [0.2, 0.25) is 0 Å². The lowest BCUT2D eigenvalue weighted by Gasteiger charge is -2.32. The van der Waals surface area contributed by atoms with E-state index in [1.54, 1.807) is 18.2 Å². The molecular formula is C19H23NO3S. The predicted molar refractivity (Wildman–Crippen MR) is 94.8 cm³/mol. The Labute approximate surface area is 143 Å². The number of hydrogen-bond acceptors (Lipinski definition) is 3. The molecule has 0 aliphatic carbocycles. The highest BCUT2D eigenvalue weighted by Crippen LogP contribution is 2.34. The molecule has 1 aliphatic heterocycles. The fraction of sp³-hybridized carbons (Fsp3) is 0.368. The summed E-state index contributed by atoms with van der Waals surface area (Å²) in [5.74, 6) is 0.787. The highest BCUT2D eigenvalue weighted by atomic mass is 32.2. The van der Waals surface area contributed by atoms with Crippen molar-refractivity contribution >= 4 is 10.0 Å². The number of benzene rings is 2. The highest BCUT2D eigenvalue weighted by Gasteiger charge is 2.27. The molecule has 24 heavy (non-hydrogen) atoms. The fourth-order valence-corrected chi connectivity index (χ4v) is 3.94. The van der Waals surface area contributed by atoms with E-state index in [-0.39, 0.29) is 5.60 Å². The number of ether oxygens (including phenoxy) is 1. The zero-order valence-corrected chi connectivity index (χ0v) is 14.9. The maximum absolute atomic E-state index is 12.5. The topological polar surface area (TPSA) is 55.4 Å². The van der Waals surface area contributed by atoms with E-state index < -0.39 is 10.0 Å². The fourth-order valence-electron chi connectivity index (χ4n) is 2.86. The molecule has 1 aliphatic rings. The maximum atomic E-state index is 12.5. The van der Waals surface area contributed by atoms with Gasteiger partial charge in [-0.05, 0) is 62.4 Å². The molecular weight excluding hydrogens is 322 g/mol. The van der Waals surface area contributed by atoms with E-state index in [0.29, 0.717) is 17.9 Å². The minimum absolute atomic E-state index is 0.193. The molecule has 0 fully saturated rings. The summed E-state index contributed by atoms with van der Waals surface area (Å²) < 4.78 is 33.6. The predicted octanol–water partition coefficient (Wildman–Crippen LogP) is 3.31. The Morgan fingerprint density at radius 2 is 1.88 bits per heavy atom. The molecule has 1 heterocycles. The first-order chi connectivity index (χ1) is 11.4. The minimum atomic E-state index is -3.50. The van der Waals surface area contributed by atoms with Gasteiger partial charge in [-0.25, -0.2) is 13.1 Å². The molecule has 0 amide bonds. The third kappa shape index (κ3) is 3.97. The molecule has 0 atom stereocenters. The normalized spacial score (nSPS) is 16.2. The van der Waals surface area contributed by atoms with Crippen molar-refractivity contribution in [2.45, 2.75) is 43.6 Å². The Hall–Kier alpha value is -1.85. The van der Waals surface area contributed by atoms with Gasteiger partial charge in [-0.3, -0.25) is 0 Å². The summed E-state index contributed by atoms with van der Waals surface area (Å²) in [6.45, 7) is 4.48. The van der Waals surface area contributed by atoms with Crippen LogP contribution in [0.5, 0.6) is 5.75 Å². The Kier molecular flexibility index (Phi) is 4.65. The Morgan fingerprint density at radius 1 is 1.12 bits per heavy atom. The first-order valence-electron chi connectivity index (χ1n) is 8.21. The van der Waals surface area contributed by atoms with Gasteiger partial charge in [0.1, 0.15) is 11.4 Å². The van der Waals surface area contributed by atoms with E-state index in [9.17, 15) is 8.42 Å². The van der Waals surface area contributed by atoms with Gasteiger partial charge >= 0.3 is 0 Å². The van der Waals surface area contributed by atoms with Crippen molar-refractivity contribution in [3.63, 3.8) is 0 Å². The second-order valence-electron chi connectivity index (χ2n) is 6.76. The number of aryl methyl sites for hydroxylation is 1. The number of hydrogen-bond donors (Lipinski definition) is 1. The van der Waals surface area contributed by atoms with Crippen LogP contribution in [0.3, 0.4) is 0 Å². The number of sulfonamides is 1. The van der Waals surface area contributed by atoms with E-state index in [1.807, 2.05) is 44.2 Å². The van der Waals surface area contributed by atoms with Crippen LogP contribution in [0.1, 0.15) is 31.4 Å². The van der Waals surface area contributed by atoms with Crippen molar-refractivity contribution in [2.24, 2.45) is 0 Å². The molecule has 1 N–H and O–H groups in total. The van der Waals surface area contributed by atoms with Crippen LogP contribution in [-0.2, 0) is 22.9 Å². The van der Waals surface area contributed by atoms with E-state index in [0.717, 1.165) is 29.7 Å². The van der Waals surface area contributed by atoms with Crippen molar-refractivity contribution < 1.29 is 13.2 Å². The quantitative estimate of drug-likeness (QED) is 0.904. The van der Waals surface area contributed by atoms with E-state index in [1.165, 1.54) is 0 Å². The largest absolute Gasteiger partial charge is 0.488 e. The van der Waals surface area contributed by atoms with Crippen molar-refractivity contribution in [3.8, 4) is 5.75 Å². The van der Waals surface area contributed by atoms with Gasteiger partial charge in [-0.2, -0.15) is 0 Å². The zero-order chi connectivity index (χ0) is 17.2. The summed E-state index contributed by atoms with van der Waals surface area (Å²) in [4.78, 5) is 0.303. The molecule has 5 heteroatoms. The average molecular weight is 345 g/mol. The second kappa shape index (κ2) is 6.57. The van der Waals surface area contributed by atoms with Gasteiger partial charge in [0.25, 0.3) is 0 Å². The first kappa shape index (κ1) is 17.0. The molecule has 0 spiro atoms. The van der Waals surface area contributed by atoms with Crippen LogP contribution in [-0.4, -0.2) is 20.6 Å². The molecule has 0 saturated carbocycles. The van der Waals surface area contributed by atoms with E-state index in [2.05, 4.69) is 4.72 Å². The molecule has 0 saturated heterocycles. The smallest absolute Gasteiger partial charge is 0.240 e. The van der Waals surface area contributed by atoms with Crippen LogP contribution >= 0.6 is 0 Å². The lowest BCUT2D eigenvalue weighted by atomic mass is 9.94. The molecule has 4 nitrogen and oxygen atoms in total. The molecule has 0 bridgehead atoms. The standard InChI is InChI=1S/C19H23NO3S/c1-19(2)12-10-16-14-17(8-9-18(16)23-19)24(21,22)20-13-11-15-6-4-3-5-7-15/h3-9,14,20H,10-13H2,1-2H3. The first-order valence-corrected chi connectivity index (χ1v) is 9.70. The van der Waals surface area contributed by atoms with Crippen molar-refractivity contribution in [1.82, 2.24) is 4.72 Å². The van der Waals surface area contributed by atoms with Gasteiger partial charge in [0.05, 0.1) is 4.90 Å². The van der Waals surface area contributed by atoms with Crippen LogP contribution in [0.25, 0.3) is 0 Å². The average Bonchev–Trinajstić information content (AvgIpc) is 2.54. The van der Waals surface area contributed by atoms with Crippen molar-refractivity contribution in [1.29, 1.82) is 0 Å². The molecule has 0 aromatic heterocycles.